The van der Waals surface area contributed by atoms with Crippen LogP contribution in [0.2, 0.25) is 0 Å². The summed E-state index contributed by atoms with van der Waals surface area (Å²) in [5.41, 5.74) is 0. The molecule has 3 saturated heterocycles. The highest BCUT2D eigenvalue weighted by Gasteiger charge is 2.25. The van der Waals surface area contributed by atoms with Crippen LogP contribution in [0, 0.1) is 0 Å². The van der Waals surface area contributed by atoms with E-state index in [9.17, 15) is 0 Å². The van der Waals surface area contributed by atoms with Crippen LogP contribution in [0.25, 0.3) is 0 Å². The van der Waals surface area contributed by atoms with Gasteiger partial charge < -0.3 is 19.4 Å². The van der Waals surface area contributed by atoms with Crippen molar-refractivity contribution in [2.45, 2.75) is 71.4 Å². The number of rotatable bonds is 2. The summed E-state index contributed by atoms with van der Waals surface area (Å²) < 4.78 is 3.86. The van der Waals surface area contributed by atoms with Crippen LogP contribution in [0.1, 0.15) is 59.3 Å². The first-order valence-electron chi connectivity index (χ1n) is 11.7. The van der Waals surface area contributed by atoms with Crippen LogP contribution < -0.4 is 0 Å². The number of nitrogens with zero attached hydrogens (tertiary/aromatic N) is 4. The van der Waals surface area contributed by atoms with Gasteiger partial charge in [0.1, 0.15) is 0 Å². The van der Waals surface area contributed by atoms with Gasteiger partial charge in [-0.05, 0) is 73.4 Å². The SMILES string of the molecule is CCC.CN1CCC(N2CCN(C)CC2)CC1.COC=O.C[C@@H]1CCCCN1C. The Labute approximate surface area is 181 Å². The lowest BCUT2D eigenvalue weighted by Crippen LogP contribution is -2.51. The van der Waals surface area contributed by atoms with E-state index in [4.69, 9.17) is 4.79 Å². The number of hydrogen-bond acceptors (Lipinski definition) is 6. The average Bonchev–Trinajstić information content (AvgIpc) is 2.73. The lowest BCUT2D eigenvalue weighted by molar-refractivity contribution is -0.126. The minimum absolute atomic E-state index is 0.375. The predicted molar refractivity (Wildman–Crippen MR) is 125 cm³/mol. The third-order valence-corrected chi connectivity index (χ3v) is 5.97. The summed E-state index contributed by atoms with van der Waals surface area (Å²) in [6, 6.07) is 1.71. The van der Waals surface area contributed by atoms with Gasteiger partial charge in [0.05, 0.1) is 7.11 Å². The predicted octanol–water partition coefficient (Wildman–Crippen LogP) is 3.02. The van der Waals surface area contributed by atoms with E-state index < -0.39 is 0 Å². The second-order valence-electron chi connectivity index (χ2n) is 8.74. The van der Waals surface area contributed by atoms with Crippen LogP contribution >= 0.6 is 0 Å². The molecule has 0 bridgehead atoms. The zero-order valence-corrected chi connectivity index (χ0v) is 20.5. The van der Waals surface area contributed by atoms with E-state index in [0.29, 0.717) is 6.47 Å². The van der Waals surface area contributed by atoms with Gasteiger partial charge in [-0.3, -0.25) is 9.69 Å². The van der Waals surface area contributed by atoms with E-state index >= 15 is 0 Å². The van der Waals surface area contributed by atoms with Crippen molar-refractivity contribution in [1.29, 1.82) is 0 Å². The number of ether oxygens (including phenoxy) is 1. The van der Waals surface area contributed by atoms with E-state index in [1.54, 1.807) is 0 Å². The summed E-state index contributed by atoms with van der Waals surface area (Å²) in [6.07, 6.45) is 8.24. The summed E-state index contributed by atoms with van der Waals surface area (Å²) in [4.78, 5) is 19.0. The standard InChI is InChI=1S/C11H23N3.C7H15N.C3H8.C2H4O2/c1-12-5-3-11(4-6-12)14-9-7-13(2)8-10-14;1-7-5-3-4-6-8(7)2;1-3-2;1-4-2-3/h11H,3-10H2,1-2H3;7H,3-6H2,1-2H3;3H2,1-2H3;2H,1H3/t;7-;;/m.1../s1. The molecule has 3 aliphatic rings. The Morgan fingerprint density at radius 3 is 1.69 bits per heavy atom. The molecule has 0 aromatic rings. The van der Waals surface area contributed by atoms with Crippen molar-refractivity contribution in [3.8, 4) is 0 Å². The number of likely N-dealkylation sites (tertiary alicyclic amines) is 2. The molecule has 3 aliphatic heterocycles. The normalized spacial score (nSPS) is 24.7. The van der Waals surface area contributed by atoms with E-state index in [2.05, 4.69) is 66.3 Å². The highest BCUT2D eigenvalue weighted by Crippen LogP contribution is 2.16. The Hall–Kier alpha value is -0.690. The Bertz CT molecular complexity index is 338. The summed E-state index contributed by atoms with van der Waals surface area (Å²) in [5, 5.41) is 0. The molecule has 3 rings (SSSR count). The van der Waals surface area contributed by atoms with E-state index in [-0.39, 0.29) is 0 Å². The van der Waals surface area contributed by atoms with Crippen molar-refractivity contribution >= 4 is 6.47 Å². The molecule has 0 aromatic carbocycles. The van der Waals surface area contributed by atoms with E-state index in [0.717, 1.165) is 12.1 Å². The zero-order valence-electron chi connectivity index (χ0n) is 20.5. The number of methoxy groups -OCH3 is 1. The van der Waals surface area contributed by atoms with E-state index in [1.807, 2.05) is 0 Å². The fourth-order valence-electron chi connectivity index (χ4n) is 3.79. The van der Waals surface area contributed by atoms with Crippen LogP contribution in [0.4, 0.5) is 0 Å². The molecule has 0 unspecified atom stereocenters. The van der Waals surface area contributed by atoms with Gasteiger partial charge in [-0.15, -0.1) is 0 Å². The Morgan fingerprint density at radius 1 is 0.828 bits per heavy atom. The number of carbonyl (C=O) groups is 1. The smallest absolute Gasteiger partial charge is 0.292 e. The van der Waals surface area contributed by atoms with Gasteiger partial charge in [-0.25, -0.2) is 0 Å². The van der Waals surface area contributed by atoms with Gasteiger partial charge in [0.25, 0.3) is 6.47 Å². The molecular formula is C23H50N4O2. The summed E-state index contributed by atoms with van der Waals surface area (Å²) in [6.45, 7) is 15.9. The molecule has 0 N–H and O–H groups in total. The van der Waals surface area contributed by atoms with Crippen LogP contribution in [0.15, 0.2) is 0 Å². The van der Waals surface area contributed by atoms with Gasteiger partial charge in [-0.2, -0.15) is 0 Å². The molecule has 3 heterocycles. The Morgan fingerprint density at radius 2 is 1.31 bits per heavy atom. The zero-order chi connectivity index (χ0) is 22.1. The first kappa shape index (κ1) is 28.3. The molecule has 1 atom stereocenters. The van der Waals surface area contributed by atoms with Crippen molar-refractivity contribution in [2.24, 2.45) is 0 Å². The number of piperidine rings is 2. The van der Waals surface area contributed by atoms with Crippen molar-refractivity contribution in [2.75, 3.05) is 74.1 Å². The largest absolute Gasteiger partial charge is 0.471 e. The quantitative estimate of drug-likeness (QED) is 0.647. The minimum atomic E-state index is 0.375. The number of hydrogen-bond donors (Lipinski definition) is 0. The van der Waals surface area contributed by atoms with Gasteiger partial charge in [0.15, 0.2) is 0 Å². The van der Waals surface area contributed by atoms with Crippen molar-refractivity contribution < 1.29 is 9.53 Å². The average molecular weight is 415 g/mol. The van der Waals surface area contributed by atoms with Crippen LogP contribution in [-0.4, -0.2) is 112 Å². The minimum Gasteiger partial charge on any atom is -0.471 e. The molecule has 0 radical (unpaired) electrons. The number of likely N-dealkylation sites (N-methyl/N-ethyl adjacent to an activating group) is 1. The summed E-state index contributed by atoms with van der Waals surface area (Å²) in [7, 11) is 7.99. The van der Waals surface area contributed by atoms with E-state index in [1.165, 1.54) is 91.4 Å². The monoisotopic (exact) mass is 414 g/mol. The fourth-order valence-corrected chi connectivity index (χ4v) is 3.79. The molecule has 0 spiro atoms. The number of piperazine rings is 1. The molecule has 29 heavy (non-hydrogen) atoms. The second-order valence-corrected chi connectivity index (χ2v) is 8.74. The topological polar surface area (TPSA) is 39.3 Å². The Kier molecular flexibility index (Phi) is 17.7. The van der Waals surface area contributed by atoms with Gasteiger partial charge in [0, 0.05) is 38.3 Å². The van der Waals surface area contributed by atoms with Gasteiger partial charge >= 0.3 is 0 Å². The molecule has 0 aromatic heterocycles. The third kappa shape index (κ3) is 14.0. The second kappa shape index (κ2) is 18.1. The molecule has 174 valence electrons. The lowest BCUT2D eigenvalue weighted by atomic mass is 10.0. The molecule has 0 saturated carbocycles. The summed E-state index contributed by atoms with van der Waals surface area (Å²) in [5.74, 6) is 0. The first-order valence-corrected chi connectivity index (χ1v) is 11.7. The number of carbonyl (C=O) groups excluding carboxylic acids is 1. The molecule has 6 nitrogen and oxygen atoms in total. The Balaban J connectivity index is 0.000000442. The fraction of sp³-hybridized carbons (Fsp3) is 0.957. The maximum Gasteiger partial charge on any atom is 0.292 e. The lowest BCUT2D eigenvalue weighted by Gasteiger charge is -2.41. The van der Waals surface area contributed by atoms with Gasteiger partial charge in [0.2, 0.25) is 0 Å². The molecule has 0 aliphatic carbocycles. The van der Waals surface area contributed by atoms with Crippen LogP contribution in [0.5, 0.6) is 0 Å². The van der Waals surface area contributed by atoms with Crippen molar-refractivity contribution in [3.05, 3.63) is 0 Å². The summed E-state index contributed by atoms with van der Waals surface area (Å²) >= 11 is 0. The molecule has 0 amide bonds. The van der Waals surface area contributed by atoms with Crippen LogP contribution in [-0.2, 0) is 9.53 Å². The van der Waals surface area contributed by atoms with Crippen LogP contribution in [0.3, 0.4) is 0 Å². The van der Waals surface area contributed by atoms with Gasteiger partial charge in [-0.1, -0.05) is 26.7 Å². The maximum atomic E-state index is 8.95. The maximum absolute atomic E-state index is 8.95. The first-order chi connectivity index (χ1) is 13.9. The third-order valence-electron chi connectivity index (χ3n) is 5.97. The molecule has 6 heteroatoms. The van der Waals surface area contributed by atoms with Crippen molar-refractivity contribution in [3.63, 3.8) is 0 Å². The highest BCUT2D eigenvalue weighted by atomic mass is 16.5. The van der Waals surface area contributed by atoms with Crippen molar-refractivity contribution in [1.82, 2.24) is 19.6 Å². The molecular weight excluding hydrogens is 364 g/mol. The molecule has 3 fully saturated rings. The highest BCUT2D eigenvalue weighted by molar-refractivity contribution is 5.36.